The molecule has 1 unspecified atom stereocenters. The molecule has 1 aromatic heterocycles. The lowest BCUT2D eigenvalue weighted by Crippen LogP contribution is -2.55. The maximum absolute atomic E-state index is 11.1. The van der Waals surface area contributed by atoms with E-state index < -0.39 is 4.92 Å². The molecular weight excluding hydrogens is 270 g/mol. The molecule has 2 N–H and O–H groups in total. The van der Waals surface area contributed by atoms with Crippen molar-refractivity contribution in [2.24, 2.45) is 5.73 Å². The van der Waals surface area contributed by atoms with Crippen LogP contribution < -0.4 is 10.6 Å². The molecule has 0 radical (unpaired) electrons. The summed E-state index contributed by atoms with van der Waals surface area (Å²) < 4.78 is 0. The lowest BCUT2D eigenvalue weighted by Gasteiger charge is -2.39. The first-order valence-electron chi connectivity index (χ1n) is 5.98. The van der Waals surface area contributed by atoms with E-state index in [1.54, 1.807) is 0 Å². The second kappa shape index (κ2) is 5.68. The van der Waals surface area contributed by atoms with Crippen LogP contribution in [0, 0.1) is 10.1 Å². The first-order chi connectivity index (χ1) is 9.02. The summed E-state index contributed by atoms with van der Waals surface area (Å²) in [6.07, 6.45) is 1.43. The van der Waals surface area contributed by atoms with E-state index in [-0.39, 0.29) is 16.8 Å². The molecule has 0 amide bonds. The fourth-order valence-electron chi connectivity index (χ4n) is 2.27. The minimum atomic E-state index is -0.458. The van der Waals surface area contributed by atoms with Gasteiger partial charge in [0.1, 0.15) is 0 Å². The third-order valence-corrected chi connectivity index (χ3v) is 3.45. The smallest absolute Gasteiger partial charge is 0.313 e. The van der Waals surface area contributed by atoms with Crippen LogP contribution in [0.3, 0.4) is 0 Å². The third kappa shape index (κ3) is 2.94. The maximum atomic E-state index is 11.1. The van der Waals surface area contributed by atoms with Crippen molar-refractivity contribution >= 4 is 23.1 Å². The highest BCUT2D eigenvalue weighted by Crippen LogP contribution is 2.30. The van der Waals surface area contributed by atoms with Crippen LogP contribution in [-0.2, 0) is 0 Å². The second-order valence-corrected chi connectivity index (χ2v) is 5.03. The molecular formula is C11H16ClN5O2. The molecule has 2 heterocycles. The minimum Gasteiger partial charge on any atom is -0.344 e. The Morgan fingerprint density at radius 3 is 3.00 bits per heavy atom. The van der Waals surface area contributed by atoms with Crippen molar-refractivity contribution in [1.82, 2.24) is 9.88 Å². The van der Waals surface area contributed by atoms with Crippen molar-refractivity contribution in [3.8, 4) is 0 Å². The lowest BCUT2D eigenvalue weighted by molar-refractivity contribution is -0.384. The van der Waals surface area contributed by atoms with Gasteiger partial charge in [0.15, 0.2) is 0 Å². The van der Waals surface area contributed by atoms with Crippen LogP contribution in [0.1, 0.15) is 0 Å². The van der Waals surface area contributed by atoms with Gasteiger partial charge < -0.3 is 15.5 Å². The Labute approximate surface area is 116 Å². The SMILES string of the molecule is CN1CCN(c2ncc(Cl)cc2[N+](=O)[O-])C(CN)C1. The molecule has 104 valence electrons. The number of nitrogens with two attached hydrogens (primary N) is 1. The third-order valence-electron chi connectivity index (χ3n) is 3.24. The lowest BCUT2D eigenvalue weighted by atomic mass is 10.1. The minimum absolute atomic E-state index is 0.0196. The number of rotatable bonds is 3. The first-order valence-corrected chi connectivity index (χ1v) is 6.36. The molecule has 1 saturated heterocycles. The van der Waals surface area contributed by atoms with E-state index in [1.807, 2.05) is 11.9 Å². The molecule has 0 aromatic carbocycles. The van der Waals surface area contributed by atoms with E-state index in [1.165, 1.54) is 12.3 Å². The Kier molecular flexibility index (Phi) is 4.18. The Morgan fingerprint density at radius 1 is 1.63 bits per heavy atom. The van der Waals surface area contributed by atoms with Crippen molar-refractivity contribution in [3.63, 3.8) is 0 Å². The second-order valence-electron chi connectivity index (χ2n) is 4.60. The normalized spacial score (nSPS) is 20.6. The molecule has 7 nitrogen and oxygen atoms in total. The van der Waals surface area contributed by atoms with E-state index in [0.29, 0.717) is 18.9 Å². The number of pyridine rings is 1. The van der Waals surface area contributed by atoms with Crippen LogP contribution in [0.15, 0.2) is 12.3 Å². The van der Waals surface area contributed by atoms with Gasteiger partial charge in [-0.1, -0.05) is 11.6 Å². The monoisotopic (exact) mass is 285 g/mol. The Bertz CT molecular complexity index is 484. The van der Waals surface area contributed by atoms with Crippen molar-refractivity contribution in [2.75, 3.05) is 38.1 Å². The summed E-state index contributed by atoms with van der Waals surface area (Å²) in [5, 5.41) is 11.4. The summed E-state index contributed by atoms with van der Waals surface area (Å²) in [5.41, 5.74) is 5.68. The topological polar surface area (TPSA) is 88.5 Å². The molecule has 0 bridgehead atoms. The van der Waals surface area contributed by atoms with Gasteiger partial charge in [-0.15, -0.1) is 0 Å². The Balaban J connectivity index is 2.37. The predicted octanol–water partition coefficient (Wildman–Crippen LogP) is 0.722. The predicted molar refractivity (Wildman–Crippen MR) is 73.6 cm³/mol. The molecule has 1 fully saturated rings. The largest absolute Gasteiger partial charge is 0.344 e. The highest BCUT2D eigenvalue weighted by molar-refractivity contribution is 6.30. The molecule has 1 aliphatic heterocycles. The summed E-state index contributed by atoms with van der Waals surface area (Å²) in [4.78, 5) is 18.8. The average Bonchev–Trinajstić information content (AvgIpc) is 2.38. The zero-order valence-electron chi connectivity index (χ0n) is 10.6. The molecule has 1 atom stereocenters. The van der Waals surface area contributed by atoms with Gasteiger partial charge in [-0.05, 0) is 7.05 Å². The first kappa shape index (κ1) is 14.0. The number of likely N-dealkylation sites (N-methyl/N-ethyl adjacent to an activating group) is 1. The van der Waals surface area contributed by atoms with Gasteiger partial charge in [-0.25, -0.2) is 4.98 Å². The summed E-state index contributed by atoms with van der Waals surface area (Å²) in [5.74, 6) is 0.345. The van der Waals surface area contributed by atoms with Crippen LogP contribution in [0.5, 0.6) is 0 Å². The molecule has 0 saturated carbocycles. The Morgan fingerprint density at radius 2 is 2.37 bits per heavy atom. The summed E-state index contributed by atoms with van der Waals surface area (Å²) in [7, 11) is 2.00. The van der Waals surface area contributed by atoms with E-state index in [4.69, 9.17) is 17.3 Å². The van der Waals surface area contributed by atoms with Gasteiger partial charge in [0, 0.05) is 38.4 Å². The van der Waals surface area contributed by atoms with Gasteiger partial charge in [-0.3, -0.25) is 10.1 Å². The van der Waals surface area contributed by atoms with Gasteiger partial charge in [0.25, 0.3) is 0 Å². The van der Waals surface area contributed by atoms with Gasteiger partial charge >= 0.3 is 5.69 Å². The molecule has 19 heavy (non-hydrogen) atoms. The quantitative estimate of drug-likeness (QED) is 0.650. The number of hydrogen-bond donors (Lipinski definition) is 1. The van der Waals surface area contributed by atoms with E-state index >= 15 is 0 Å². The van der Waals surface area contributed by atoms with Crippen molar-refractivity contribution < 1.29 is 4.92 Å². The van der Waals surface area contributed by atoms with Gasteiger partial charge in [0.2, 0.25) is 5.82 Å². The zero-order valence-corrected chi connectivity index (χ0v) is 11.4. The van der Waals surface area contributed by atoms with E-state index in [2.05, 4.69) is 9.88 Å². The number of halogens is 1. The molecule has 2 rings (SSSR count). The number of nitrogens with zero attached hydrogens (tertiary/aromatic N) is 4. The maximum Gasteiger partial charge on any atom is 0.313 e. The van der Waals surface area contributed by atoms with E-state index in [9.17, 15) is 10.1 Å². The van der Waals surface area contributed by atoms with Crippen LogP contribution in [-0.4, -0.2) is 54.1 Å². The van der Waals surface area contributed by atoms with Crippen LogP contribution in [0.25, 0.3) is 0 Å². The fraction of sp³-hybridized carbons (Fsp3) is 0.545. The van der Waals surface area contributed by atoms with Crippen LogP contribution in [0.2, 0.25) is 5.02 Å². The highest BCUT2D eigenvalue weighted by Gasteiger charge is 2.30. The number of anilines is 1. The average molecular weight is 286 g/mol. The highest BCUT2D eigenvalue weighted by atomic mass is 35.5. The Hall–Kier alpha value is -1.44. The van der Waals surface area contributed by atoms with Crippen molar-refractivity contribution in [1.29, 1.82) is 0 Å². The van der Waals surface area contributed by atoms with E-state index in [0.717, 1.165) is 13.1 Å². The van der Waals surface area contributed by atoms with Crippen LogP contribution in [0.4, 0.5) is 11.5 Å². The molecule has 1 aliphatic rings. The van der Waals surface area contributed by atoms with Gasteiger partial charge in [0.05, 0.1) is 16.0 Å². The number of aromatic nitrogens is 1. The number of nitro groups is 1. The van der Waals surface area contributed by atoms with Gasteiger partial charge in [-0.2, -0.15) is 0 Å². The zero-order chi connectivity index (χ0) is 14.0. The molecule has 8 heteroatoms. The molecule has 1 aromatic rings. The van der Waals surface area contributed by atoms with Crippen molar-refractivity contribution in [2.45, 2.75) is 6.04 Å². The fourth-order valence-corrected chi connectivity index (χ4v) is 2.42. The number of piperazine rings is 1. The van der Waals surface area contributed by atoms with Crippen LogP contribution >= 0.6 is 11.6 Å². The summed E-state index contributed by atoms with van der Waals surface area (Å²) >= 11 is 5.77. The molecule has 0 aliphatic carbocycles. The van der Waals surface area contributed by atoms with Crippen molar-refractivity contribution in [3.05, 3.63) is 27.4 Å². The number of hydrogen-bond acceptors (Lipinski definition) is 6. The summed E-state index contributed by atoms with van der Waals surface area (Å²) in [6, 6.07) is 1.35. The standard InChI is InChI=1S/C11H16ClN5O2/c1-15-2-3-16(9(5-13)7-15)11-10(17(18)19)4-8(12)6-14-11/h4,6,9H,2-3,5,7,13H2,1H3. The summed E-state index contributed by atoms with van der Waals surface area (Å²) in [6.45, 7) is 2.66. The molecule has 0 spiro atoms.